The van der Waals surface area contributed by atoms with Crippen molar-refractivity contribution in [1.82, 2.24) is 0 Å². The number of hydrogen-bond acceptors (Lipinski definition) is 4. The Bertz CT molecular complexity index is 571. The number of sulfone groups is 1. The highest BCUT2D eigenvalue weighted by atomic mass is 32.2. The van der Waals surface area contributed by atoms with Gasteiger partial charge in [-0.2, -0.15) is 0 Å². The van der Waals surface area contributed by atoms with Crippen molar-refractivity contribution in [3.63, 3.8) is 0 Å². The molecular weight excluding hydrogens is 257 g/mol. The number of carbonyl (C=O) groups excluding carboxylic acids is 1. The summed E-state index contributed by atoms with van der Waals surface area (Å²) in [5.41, 5.74) is 0.455. The lowest BCUT2D eigenvalue weighted by molar-refractivity contribution is 0.112. The van der Waals surface area contributed by atoms with E-state index in [9.17, 15) is 17.6 Å². The molecule has 1 aromatic carbocycles. The van der Waals surface area contributed by atoms with Crippen LogP contribution >= 0.6 is 0 Å². The fraction of sp³-hybridized carbons (Fsp3) is 0.417. The summed E-state index contributed by atoms with van der Waals surface area (Å²) >= 11 is 0. The third-order valence-corrected chi connectivity index (χ3v) is 4.90. The molecule has 1 aromatic rings. The van der Waals surface area contributed by atoms with Gasteiger partial charge in [0.15, 0.2) is 16.1 Å². The first kappa shape index (κ1) is 13.0. The summed E-state index contributed by atoms with van der Waals surface area (Å²) in [6.45, 7) is 1.93. The van der Waals surface area contributed by atoms with Crippen LogP contribution in [0.4, 0.5) is 10.1 Å². The lowest BCUT2D eigenvalue weighted by Gasteiger charge is -2.35. The molecule has 1 fully saturated rings. The maximum atomic E-state index is 13.8. The average Bonchev–Trinajstić information content (AvgIpc) is 2.29. The van der Waals surface area contributed by atoms with Gasteiger partial charge in [0, 0.05) is 18.2 Å². The lowest BCUT2D eigenvalue weighted by Crippen LogP contribution is -2.47. The molecule has 0 amide bonds. The molecule has 0 aliphatic carbocycles. The molecule has 2 rings (SSSR count). The molecule has 0 N–H and O–H groups in total. The molecule has 0 saturated carbocycles. The van der Waals surface area contributed by atoms with E-state index < -0.39 is 15.7 Å². The Kier molecular flexibility index (Phi) is 3.38. The largest absolute Gasteiger partial charge is 0.364 e. The van der Waals surface area contributed by atoms with E-state index in [2.05, 4.69) is 0 Å². The Morgan fingerprint density at radius 2 is 2.17 bits per heavy atom. The normalized spacial score (nSPS) is 22.8. The van der Waals surface area contributed by atoms with Crippen LogP contribution in [0.3, 0.4) is 0 Å². The van der Waals surface area contributed by atoms with Crippen molar-refractivity contribution in [1.29, 1.82) is 0 Å². The van der Waals surface area contributed by atoms with Crippen molar-refractivity contribution in [3.05, 3.63) is 29.6 Å². The summed E-state index contributed by atoms with van der Waals surface area (Å²) < 4.78 is 36.8. The Labute approximate surface area is 105 Å². The van der Waals surface area contributed by atoms with Gasteiger partial charge >= 0.3 is 0 Å². The number of nitrogens with zero attached hydrogens (tertiary/aromatic N) is 1. The first-order valence-electron chi connectivity index (χ1n) is 5.65. The zero-order valence-corrected chi connectivity index (χ0v) is 10.8. The van der Waals surface area contributed by atoms with E-state index in [0.29, 0.717) is 6.29 Å². The Morgan fingerprint density at radius 3 is 2.78 bits per heavy atom. The van der Waals surface area contributed by atoms with Crippen LogP contribution in [0.15, 0.2) is 18.2 Å². The number of carbonyl (C=O) groups is 1. The van der Waals surface area contributed by atoms with Gasteiger partial charge in [-0.25, -0.2) is 12.8 Å². The molecular formula is C12H14FNO3S. The number of halogens is 1. The van der Waals surface area contributed by atoms with Crippen LogP contribution in [0, 0.1) is 5.82 Å². The number of para-hydroxylation sites is 1. The van der Waals surface area contributed by atoms with Crippen LogP contribution in [0.2, 0.25) is 0 Å². The van der Waals surface area contributed by atoms with Crippen LogP contribution < -0.4 is 4.90 Å². The molecule has 4 nitrogen and oxygen atoms in total. The van der Waals surface area contributed by atoms with Crippen molar-refractivity contribution in [2.24, 2.45) is 0 Å². The van der Waals surface area contributed by atoms with E-state index in [1.807, 2.05) is 0 Å². The van der Waals surface area contributed by atoms with Gasteiger partial charge in [0.2, 0.25) is 0 Å². The summed E-state index contributed by atoms with van der Waals surface area (Å²) in [5.74, 6) is -0.519. The summed E-state index contributed by atoms with van der Waals surface area (Å²) in [6.07, 6.45) is 0.592. The quantitative estimate of drug-likeness (QED) is 0.760. The second kappa shape index (κ2) is 4.68. The minimum absolute atomic E-state index is 0.00995. The predicted molar refractivity (Wildman–Crippen MR) is 67.2 cm³/mol. The molecule has 1 atom stereocenters. The van der Waals surface area contributed by atoms with E-state index in [-0.39, 0.29) is 35.3 Å². The van der Waals surface area contributed by atoms with Crippen molar-refractivity contribution in [2.75, 3.05) is 23.0 Å². The van der Waals surface area contributed by atoms with Crippen LogP contribution in [-0.2, 0) is 9.84 Å². The monoisotopic (exact) mass is 271 g/mol. The Hall–Kier alpha value is -1.43. The van der Waals surface area contributed by atoms with E-state index in [4.69, 9.17) is 0 Å². The van der Waals surface area contributed by atoms with E-state index in [1.54, 1.807) is 11.8 Å². The summed E-state index contributed by atoms with van der Waals surface area (Å²) in [5, 5.41) is 0. The van der Waals surface area contributed by atoms with Crippen molar-refractivity contribution in [3.8, 4) is 0 Å². The van der Waals surface area contributed by atoms with Gasteiger partial charge in [0.25, 0.3) is 0 Å². The molecule has 0 bridgehead atoms. The van der Waals surface area contributed by atoms with Crippen LogP contribution in [0.5, 0.6) is 0 Å². The molecule has 0 radical (unpaired) electrons. The number of anilines is 1. The van der Waals surface area contributed by atoms with E-state index >= 15 is 0 Å². The van der Waals surface area contributed by atoms with Gasteiger partial charge in [-0.3, -0.25) is 4.79 Å². The Balaban J connectivity index is 2.41. The molecule has 6 heteroatoms. The number of aldehydes is 1. The third kappa shape index (κ3) is 2.38. The second-order valence-corrected chi connectivity index (χ2v) is 6.68. The molecule has 1 heterocycles. The Morgan fingerprint density at radius 1 is 1.44 bits per heavy atom. The smallest absolute Gasteiger partial charge is 0.154 e. The third-order valence-electron chi connectivity index (χ3n) is 3.10. The van der Waals surface area contributed by atoms with Crippen molar-refractivity contribution in [2.45, 2.75) is 13.0 Å². The number of benzene rings is 1. The van der Waals surface area contributed by atoms with Gasteiger partial charge in [-0.1, -0.05) is 6.07 Å². The highest BCUT2D eigenvalue weighted by Gasteiger charge is 2.30. The van der Waals surface area contributed by atoms with Crippen LogP contribution in [0.25, 0.3) is 0 Å². The molecule has 1 unspecified atom stereocenters. The molecule has 1 saturated heterocycles. The topological polar surface area (TPSA) is 54.5 Å². The van der Waals surface area contributed by atoms with Gasteiger partial charge in [-0.15, -0.1) is 0 Å². The molecule has 98 valence electrons. The highest BCUT2D eigenvalue weighted by Crippen LogP contribution is 2.27. The van der Waals surface area contributed by atoms with Crippen molar-refractivity contribution >= 4 is 21.8 Å². The minimum Gasteiger partial charge on any atom is -0.364 e. The van der Waals surface area contributed by atoms with Crippen molar-refractivity contribution < 1.29 is 17.6 Å². The van der Waals surface area contributed by atoms with Gasteiger partial charge < -0.3 is 4.90 Å². The first-order valence-corrected chi connectivity index (χ1v) is 7.47. The maximum absolute atomic E-state index is 13.8. The molecule has 0 spiro atoms. The number of hydrogen-bond donors (Lipinski definition) is 0. The standard InChI is InChI=1S/C12H14FNO3S/c1-9-8-18(16,17)6-5-14(9)12-10(7-15)3-2-4-11(12)13/h2-4,7,9H,5-6,8H2,1H3. The zero-order chi connectivity index (χ0) is 13.3. The van der Waals surface area contributed by atoms with Gasteiger partial charge in [-0.05, 0) is 19.1 Å². The van der Waals surface area contributed by atoms with Gasteiger partial charge in [0.05, 0.1) is 17.2 Å². The summed E-state index contributed by atoms with van der Waals surface area (Å²) in [7, 11) is -3.06. The minimum atomic E-state index is -3.06. The van der Waals surface area contributed by atoms with Gasteiger partial charge in [0.1, 0.15) is 5.82 Å². The first-order chi connectivity index (χ1) is 8.44. The molecule has 1 aliphatic heterocycles. The van der Waals surface area contributed by atoms with Crippen LogP contribution in [0.1, 0.15) is 17.3 Å². The maximum Gasteiger partial charge on any atom is 0.154 e. The SMILES string of the molecule is CC1CS(=O)(=O)CCN1c1c(F)cccc1C=O. The number of rotatable bonds is 2. The van der Waals surface area contributed by atoms with E-state index in [0.717, 1.165) is 0 Å². The molecule has 1 aliphatic rings. The fourth-order valence-corrected chi connectivity index (χ4v) is 3.82. The summed E-state index contributed by atoms with van der Waals surface area (Å²) in [4.78, 5) is 12.6. The lowest BCUT2D eigenvalue weighted by atomic mass is 10.1. The predicted octanol–water partition coefficient (Wildman–Crippen LogP) is 1.26. The highest BCUT2D eigenvalue weighted by molar-refractivity contribution is 7.91. The fourth-order valence-electron chi connectivity index (χ4n) is 2.26. The molecule has 0 aromatic heterocycles. The second-order valence-electron chi connectivity index (χ2n) is 4.45. The average molecular weight is 271 g/mol. The van der Waals surface area contributed by atoms with E-state index in [1.165, 1.54) is 18.2 Å². The summed E-state index contributed by atoms with van der Waals surface area (Å²) in [6, 6.07) is 3.94. The van der Waals surface area contributed by atoms with Crippen LogP contribution in [-0.4, -0.2) is 38.8 Å². The zero-order valence-electron chi connectivity index (χ0n) is 9.97. The molecule has 18 heavy (non-hydrogen) atoms.